The van der Waals surface area contributed by atoms with Gasteiger partial charge in [0.1, 0.15) is 5.75 Å². The number of pyridine rings is 1. The summed E-state index contributed by atoms with van der Waals surface area (Å²) in [6.07, 6.45) is 3.83. The summed E-state index contributed by atoms with van der Waals surface area (Å²) >= 11 is 0. The highest BCUT2D eigenvalue weighted by atomic mass is 16.5. The highest BCUT2D eigenvalue weighted by Gasteiger charge is 2.22. The van der Waals surface area contributed by atoms with E-state index >= 15 is 0 Å². The third-order valence-corrected chi connectivity index (χ3v) is 6.18. The van der Waals surface area contributed by atoms with Gasteiger partial charge in [0.2, 0.25) is 0 Å². The zero-order valence-corrected chi connectivity index (χ0v) is 21.1. The van der Waals surface area contributed by atoms with E-state index in [1.165, 1.54) is 5.56 Å². The maximum atomic E-state index is 11.8. The molecule has 4 aromatic rings. The first-order valence-electron chi connectivity index (χ1n) is 12.0. The van der Waals surface area contributed by atoms with Gasteiger partial charge < -0.3 is 14.9 Å². The lowest BCUT2D eigenvalue weighted by Crippen LogP contribution is -2.10. The van der Waals surface area contributed by atoms with Gasteiger partial charge >= 0.3 is 5.97 Å². The minimum atomic E-state index is -0.833. The summed E-state index contributed by atoms with van der Waals surface area (Å²) < 4.78 is 5.79. The molecule has 0 atom stereocenters. The van der Waals surface area contributed by atoms with Crippen molar-refractivity contribution in [3.8, 4) is 16.9 Å². The average molecular weight is 472 g/mol. The molecule has 1 aromatic heterocycles. The number of ether oxygens (including phenoxy) is 1. The van der Waals surface area contributed by atoms with Crippen LogP contribution in [0.3, 0.4) is 0 Å². The molecule has 1 aliphatic rings. The molecule has 0 radical (unpaired) electrons. The summed E-state index contributed by atoms with van der Waals surface area (Å²) in [7, 11) is 0. The van der Waals surface area contributed by atoms with Gasteiger partial charge in [-0.1, -0.05) is 30.3 Å². The molecule has 0 saturated carbocycles. The number of benzene rings is 3. The van der Waals surface area contributed by atoms with E-state index in [9.17, 15) is 9.90 Å². The van der Waals surface area contributed by atoms with E-state index in [-0.39, 0.29) is 6.42 Å². The van der Waals surface area contributed by atoms with Crippen LogP contribution < -0.4 is 4.74 Å². The molecule has 0 fully saturated rings. The van der Waals surface area contributed by atoms with Crippen LogP contribution in [0.25, 0.3) is 32.8 Å². The summed E-state index contributed by atoms with van der Waals surface area (Å²) in [6, 6.07) is 14.5. The van der Waals surface area contributed by atoms with Gasteiger partial charge in [-0.3, -0.25) is 9.78 Å². The molecule has 0 spiro atoms. The Morgan fingerprint density at radius 2 is 1.80 bits per heavy atom. The summed E-state index contributed by atoms with van der Waals surface area (Å²) in [5.74, 6) is 0.104. The van der Waals surface area contributed by atoms with Crippen LogP contribution in [0.1, 0.15) is 49.4 Å². The molecule has 182 valence electrons. The Morgan fingerprint density at radius 1 is 1.09 bits per heavy atom. The lowest BCUT2D eigenvalue weighted by Gasteiger charge is -2.22. The fraction of sp³-hybridized carbons (Fsp3) is 0.333. The minimum Gasteiger partial charge on any atom is -0.493 e. The normalized spacial score (nSPS) is 13.1. The van der Waals surface area contributed by atoms with E-state index in [4.69, 9.17) is 14.8 Å². The predicted molar refractivity (Wildman–Crippen MR) is 141 cm³/mol. The standard InChI is InChI=1S/C26H23NO3.C4H10O/c1-15-21(13-23(28)29)24(18-9-10-22-17(12-18)7-5-11-30-22)16(2)25-20-8-4-3-6-19(20)14-27-26(15)25;1-4(2,3)5/h3-4,6,8-10,12,14H,5,7,11,13H2,1-2H3,(H,28,29);5H,1-3H3. The van der Waals surface area contributed by atoms with Gasteiger partial charge in [-0.25, -0.2) is 0 Å². The van der Waals surface area contributed by atoms with Crippen LogP contribution in [0.4, 0.5) is 0 Å². The quantitative estimate of drug-likeness (QED) is 0.338. The van der Waals surface area contributed by atoms with Crippen molar-refractivity contribution in [1.82, 2.24) is 4.98 Å². The molecular formula is C30H33NO4. The van der Waals surface area contributed by atoms with Crippen LogP contribution in [0.5, 0.6) is 5.75 Å². The van der Waals surface area contributed by atoms with E-state index in [1.54, 1.807) is 20.8 Å². The van der Waals surface area contributed by atoms with Crippen molar-refractivity contribution < 1.29 is 19.7 Å². The second kappa shape index (κ2) is 9.67. The third kappa shape index (κ3) is 5.30. The number of aromatic nitrogens is 1. The van der Waals surface area contributed by atoms with Gasteiger partial charge in [-0.05, 0) is 98.4 Å². The molecule has 2 N–H and O–H groups in total. The predicted octanol–water partition coefficient (Wildman–Crippen LogP) is 6.40. The summed E-state index contributed by atoms with van der Waals surface area (Å²) in [5.41, 5.74) is 6.48. The fourth-order valence-corrected chi connectivity index (χ4v) is 4.79. The summed E-state index contributed by atoms with van der Waals surface area (Å²) in [4.78, 5) is 16.5. The Bertz CT molecular complexity index is 1410. The number of aryl methyl sites for hydroxylation is 3. The molecule has 5 rings (SSSR count). The average Bonchev–Trinajstić information content (AvgIpc) is 2.80. The zero-order chi connectivity index (χ0) is 25.3. The highest BCUT2D eigenvalue weighted by Crippen LogP contribution is 2.40. The van der Waals surface area contributed by atoms with Crippen molar-refractivity contribution in [2.45, 2.75) is 59.5 Å². The zero-order valence-electron chi connectivity index (χ0n) is 21.1. The van der Waals surface area contributed by atoms with Gasteiger partial charge in [0.05, 0.1) is 24.1 Å². The second-order valence-corrected chi connectivity index (χ2v) is 10.2. The number of hydrogen-bond acceptors (Lipinski definition) is 4. The molecule has 0 unspecified atom stereocenters. The highest BCUT2D eigenvalue weighted by molar-refractivity contribution is 6.11. The Kier molecular flexibility index (Phi) is 6.82. The maximum absolute atomic E-state index is 11.8. The molecule has 0 amide bonds. The first kappa shape index (κ1) is 24.7. The molecule has 0 bridgehead atoms. The Balaban J connectivity index is 0.000000527. The van der Waals surface area contributed by atoms with Crippen LogP contribution >= 0.6 is 0 Å². The molecule has 0 aliphatic carbocycles. The number of carboxylic acid groups (broad SMARTS) is 1. The SMILES string of the molecule is CC(C)(C)O.Cc1c(CC(=O)O)c(-c2ccc3c(c2)CCCO3)c(C)c2c1ncc1ccccc12. The number of aliphatic hydroxyl groups is 1. The van der Waals surface area contributed by atoms with Crippen LogP contribution in [0.15, 0.2) is 48.7 Å². The molecule has 5 heteroatoms. The van der Waals surface area contributed by atoms with Crippen molar-refractivity contribution in [1.29, 1.82) is 0 Å². The molecule has 2 heterocycles. The number of aliphatic carboxylic acids is 1. The van der Waals surface area contributed by atoms with Crippen molar-refractivity contribution in [3.63, 3.8) is 0 Å². The number of rotatable bonds is 3. The van der Waals surface area contributed by atoms with Crippen LogP contribution in [0.2, 0.25) is 0 Å². The number of carbonyl (C=O) groups is 1. The van der Waals surface area contributed by atoms with Gasteiger partial charge in [0.25, 0.3) is 0 Å². The first-order chi connectivity index (χ1) is 16.5. The maximum Gasteiger partial charge on any atom is 0.307 e. The summed E-state index contributed by atoms with van der Waals surface area (Å²) in [6.45, 7) is 10.1. The second-order valence-electron chi connectivity index (χ2n) is 10.2. The van der Waals surface area contributed by atoms with E-state index in [1.807, 2.05) is 31.3 Å². The minimum absolute atomic E-state index is 0.0277. The molecule has 1 aliphatic heterocycles. The molecule has 0 saturated heterocycles. The van der Waals surface area contributed by atoms with E-state index in [0.717, 1.165) is 74.7 Å². The third-order valence-electron chi connectivity index (χ3n) is 6.18. The van der Waals surface area contributed by atoms with Crippen molar-refractivity contribution >= 4 is 27.6 Å². The van der Waals surface area contributed by atoms with Crippen LogP contribution in [0, 0.1) is 13.8 Å². The molecule has 35 heavy (non-hydrogen) atoms. The smallest absolute Gasteiger partial charge is 0.307 e. The van der Waals surface area contributed by atoms with Gasteiger partial charge in [0.15, 0.2) is 0 Å². The monoisotopic (exact) mass is 471 g/mol. The Hall–Kier alpha value is -3.44. The summed E-state index contributed by atoms with van der Waals surface area (Å²) in [5, 5.41) is 21.5. The molecule has 3 aromatic carbocycles. The van der Waals surface area contributed by atoms with Crippen molar-refractivity contribution in [3.05, 3.63) is 70.9 Å². The Morgan fingerprint density at radius 3 is 2.51 bits per heavy atom. The van der Waals surface area contributed by atoms with Gasteiger partial charge in [-0.2, -0.15) is 0 Å². The van der Waals surface area contributed by atoms with Crippen molar-refractivity contribution in [2.75, 3.05) is 6.61 Å². The number of nitrogens with zero attached hydrogens (tertiary/aromatic N) is 1. The van der Waals surface area contributed by atoms with E-state index in [2.05, 4.69) is 31.2 Å². The number of fused-ring (bicyclic) bond motifs is 4. The lowest BCUT2D eigenvalue weighted by molar-refractivity contribution is -0.136. The topological polar surface area (TPSA) is 79.7 Å². The molecule has 5 nitrogen and oxygen atoms in total. The van der Waals surface area contributed by atoms with E-state index in [0.29, 0.717) is 0 Å². The fourth-order valence-electron chi connectivity index (χ4n) is 4.79. The largest absolute Gasteiger partial charge is 0.493 e. The lowest BCUT2D eigenvalue weighted by atomic mass is 9.85. The van der Waals surface area contributed by atoms with Crippen LogP contribution in [-0.2, 0) is 17.6 Å². The number of hydrogen-bond donors (Lipinski definition) is 2. The first-order valence-corrected chi connectivity index (χ1v) is 12.0. The Labute approximate surface area is 206 Å². The van der Waals surface area contributed by atoms with Gasteiger partial charge in [-0.15, -0.1) is 0 Å². The van der Waals surface area contributed by atoms with Crippen LogP contribution in [-0.4, -0.2) is 33.4 Å². The van der Waals surface area contributed by atoms with Crippen molar-refractivity contribution in [2.24, 2.45) is 0 Å². The molecular weight excluding hydrogens is 438 g/mol. The van der Waals surface area contributed by atoms with Gasteiger partial charge in [0, 0.05) is 17.0 Å². The number of carboxylic acids is 1. The van der Waals surface area contributed by atoms with E-state index < -0.39 is 11.6 Å².